The van der Waals surface area contributed by atoms with Gasteiger partial charge in [0, 0.05) is 19.3 Å². The van der Waals surface area contributed by atoms with Gasteiger partial charge in [0.2, 0.25) is 0 Å². The molecule has 0 aromatic carbocycles. The van der Waals surface area contributed by atoms with Crippen LogP contribution < -0.4 is 0 Å². The van der Waals surface area contributed by atoms with E-state index in [0.29, 0.717) is 19.3 Å². The first-order chi connectivity index (χ1) is 37.5. The fourth-order valence-corrected chi connectivity index (χ4v) is 9.98. The molecule has 0 aromatic rings. The van der Waals surface area contributed by atoms with Crippen LogP contribution in [0.1, 0.15) is 361 Å². The van der Waals surface area contributed by atoms with Crippen molar-refractivity contribution < 1.29 is 28.6 Å². The minimum atomic E-state index is -0.772. The molecule has 0 aliphatic rings. The van der Waals surface area contributed by atoms with Crippen molar-refractivity contribution in [2.45, 2.75) is 367 Å². The Balaban J connectivity index is 3.98. The van der Waals surface area contributed by atoms with Gasteiger partial charge >= 0.3 is 17.9 Å². The quantitative estimate of drug-likeness (QED) is 0.0261. The number of esters is 3. The van der Waals surface area contributed by atoms with Crippen LogP contribution in [0.2, 0.25) is 0 Å². The second-order valence-corrected chi connectivity index (χ2v) is 22.7. The van der Waals surface area contributed by atoms with Crippen LogP contribution in [0.3, 0.4) is 0 Å². The number of hydrogen-bond donors (Lipinski definition) is 0. The van der Waals surface area contributed by atoms with Gasteiger partial charge in [0.25, 0.3) is 0 Å². The number of carbonyl (C=O) groups is 3. The van der Waals surface area contributed by atoms with Gasteiger partial charge in [-0.3, -0.25) is 14.4 Å². The van der Waals surface area contributed by atoms with Crippen LogP contribution in [0, 0.1) is 0 Å². The van der Waals surface area contributed by atoms with Crippen molar-refractivity contribution in [1.29, 1.82) is 0 Å². The zero-order chi connectivity index (χ0) is 55.0. The average Bonchev–Trinajstić information content (AvgIpc) is 3.42. The van der Waals surface area contributed by atoms with Crippen molar-refractivity contribution in [3.8, 4) is 0 Å². The summed E-state index contributed by atoms with van der Waals surface area (Å²) >= 11 is 0. The highest BCUT2D eigenvalue weighted by molar-refractivity contribution is 5.71. The van der Waals surface area contributed by atoms with E-state index >= 15 is 0 Å². The molecule has 6 heteroatoms. The average molecular weight is 1070 g/mol. The Morgan fingerprint density at radius 2 is 0.474 bits per heavy atom. The Labute approximate surface area is 473 Å². The first-order valence-corrected chi connectivity index (χ1v) is 33.6. The highest BCUT2D eigenvalue weighted by Crippen LogP contribution is 2.18. The molecule has 0 rings (SSSR count). The summed E-state index contributed by atoms with van der Waals surface area (Å²) in [6.07, 6.45) is 81.7. The molecule has 0 aromatic heterocycles. The van der Waals surface area contributed by atoms with E-state index < -0.39 is 6.10 Å². The van der Waals surface area contributed by atoms with Crippen molar-refractivity contribution in [3.63, 3.8) is 0 Å². The van der Waals surface area contributed by atoms with Crippen LogP contribution in [0.15, 0.2) is 48.6 Å². The Morgan fingerprint density at radius 3 is 0.737 bits per heavy atom. The summed E-state index contributed by atoms with van der Waals surface area (Å²) in [5, 5.41) is 0. The summed E-state index contributed by atoms with van der Waals surface area (Å²) in [5.74, 6) is -0.867. The lowest BCUT2D eigenvalue weighted by Crippen LogP contribution is -2.30. The minimum absolute atomic E-state index is 0.0719. The highest BCUT2D eigenvalue weighted by Gasteiger charge is 2.19. The lowest BCUT2D eigenvalue weighted by molar-refractivity contribution is -0.167. The number of allylic oxidation sites excluding steroid dienone is 8. The predicted molar refractivity (Wildman–Crippen MR) is 330 cm³/mol. The summed E-state index contributed by atoms with van der Waals surface area (Å²) in [7, 11) is 0. The fourth-order valence-electron chi connectivity index (χ4n) is 9.98. The number of rotatable bonds is 62. The van der Waals surface area contributed by atoms with E-state index in [4.69, 9.17) is 14.2 Å². The van der Waals surface area contributed by atoms with E-state index in [1.165, 1.54) is 244 Å². The molecule has 0 radical (unpaired) electrons. The SMILES string of the molecule is CCCCCC/C=C\C/C=C\CCCCCCCCCC(=O)OC(COC(=O)CCCCCCCCC)COC(=O)CCCCCCCCCCCCCCCCCCCCCCC/C=C\C/C=C\CCCCCCC. The normalized spacial score (nSPS) is 12.3. The summed E-state index contributed by atoms with van der Waals surface area (Å²) in [6, 6.07) is 0. The number of carbonyl (C=O) groups excluding carboxylic acids is 3. The summed E-state index contributed by atoms with van der Waals surface area (Å²) in [5.41, 5.74) is 0. The molecule has 0 saturated carbocycles. The molecule has 0 aliphatic carbocycles. The first kappa shape index (κ1) is 73.4. The summed E-state index contributed by atoms with van der Waals surface area (Å²) in [4.78, 5) is 38.1. The van der Waals surface area contributed by atoms with Gasteiger partial charge in [0.1, 0.15) is 13.2 Å². The molecule has 0 spiro atoms. The molecule has 444 valence electrons. The van der Waals surface area contributed by atoms with Gasteiger partial charge in [-0.25, -0.2) is 0 Å². The van der Waals surface area contributed by atoms with Crippen LogP contribution >= 0.6 is 0 Å². The largest absolute Gasteiger partial charge is 0.462 e. The van der Waals surface area contributed by atoms with Crippen molar-refractivity contribution in [3.05, 3.63) is 48.6 Å². The molecule has 76 heavy (non-hydrogen) atoms. The summed E-state index contributed by atoms with van der Waals surface area (Å²) < 4.78 is 16.8. The van der Waals surface area contributed by atoms with Crippen molar-refractivity contribution in [2.75, 3.05) is 13.2 Å². The predicted octanol–water partition coefficient (Wildman–Crippen LogP) is 22.9. The zero-order valence-electron chi connectivity index (χ0n) is 51.0. The van der Waals surface area contributed by atoms with E-state index in [2.05, 4.69) is 69.4 Å². The third-order valence-electron chi connectivity index (χ3n) is 15.1. The van der Waals surface area contributed by atoms with Crippen LogP contribution in [0.25, 0.3) is 0 Å². The topological polar surface area (TPSA) is 78.9 Å². The van der Waals surface area contributed by atoms with E-state index in [1.807, 2.05) is 0 Å². The van der Waals surface area contributed by atoms with Crippen molar-refractivity contribution in [1.82, 2.24) is 0 Å². The van der Waals surface area contributed by atoms with E-state index in [-0.39, 0.29) is 31.1 Å². The minimum Gasteiger partial charge on any atom is -0.462 e. The zero-order valence-corrected chi connectivity index (χ0v) is 51.0. The molecule has 0 heterocycles. The maximum Gasteiger partial charge on any atom is 0.306 e. The first-order valence-electron chi connectivity index (χ1n) is 33.6. The van der Waals surface area contributed by atoms with Gasteiger partial charge < -0.3 is 14.2 Å². The molecule has 0 N–H and O–H groups in total. The van der Waals surface area contributed by atoms with Crippen LogP contribution in [0.5, 0.6) is 0 Å². The lowest BCUT2D eigenvalue weighted by Gasteiger charge is -2.18. The third kappa shape index (κ3) is 62.2. The van der Waals surface area contributed by atoms with Crippen molar-refractivity contribution in [2.24, 2.45) is 0 Å². The molecule has 0 saturated heterocycles. The molecule has 1 unspecified atom stereocenters. The standard InChI is InChI=1S/C70H128O6/c1-4-7-10-13-16-18-20-22-24-26-28-29-30-31-32-33-34-35-36-37-38-39-40-41-42-44-45-47-49-51-54-57-60-63-69(72)75-66-67(65-74-68(71)62-59-56-53-15-12-9-6-3)76-70(73)64-61-58-55-52-50-48-46-43-27-25-23-21-19-17-14-11-8-5-2/h19-22,25-28,67H,4-18,23-24,29-66H2,1-3H3/b21-19-,22-20-,27-25-,28-26-. The Hall–Kier alpha value is -2.63. The maximum absolute atomic E-state index is 12.8. The maximum atomic E-state index is 12.8. The Morgan fingerprint density at radius 1 is 0.263 bits per heavy atom. The molecule has 0 aliphatic heterocycles. The number of ether oxygens (including phenoxy) is 3. The number of hydrogen-bond acceptors (Lipinski definition) is 6. The monoisotopic (exact) mass is 1060 g/mol. The number of unbranched alkanes of at least 4 members (excludes halogenated alkanes) is 43. The summed E-state index contributed by atoms with van der Waals surface area (Å²) in [6.45, 7) is 6.61. The van der Waals surface area contributed by atoms with Gasteiger partial charge in [-0.15, -0.1) is 0 Å². The van der Waals surface area contributed by atoms with Crippen LogP contribution in [-0.2, 0) is 28.6 Å². The second-order valence-electron chi connectivity index (χ2n) is 22.7. The van der Waals surface area contributed by atoms with E-state index in [9.17, 15) is 14.4 Å². The van der Waals surface area contributed by atoms with Gasteiger partial charge in [-0.2, -0.15) is 0 Å². The molecule has 0 fully saturated rings. The molecule has 0 bridgehead atoms. The highest BCUT2D eigenvalue weighted by atomic mass is 16.6. The van der Waals surface area contributed by atoms with Crippen LogP contribution in [-0.4, -0.2) is 37.2 Å². The Kier molecular flexibility index (Phi) is 62.6. The van der Waals surface area contributed by atoms with Gasteiger partial charge in [0.15, 0.2) is 6.10 Å². The second kappa shape index (κ2) is 64.9. The fraction of sp³-hybridized carbons (Fsp3) is 0.843. The molecule has 0 amide bonds. The van der Waals surface area contributed by atoms with Crippen molar-refractivity contribution >= 4 is 17.9 Å². The van der Waals surface area contributed by atoms with E-state index in [0.717, 1.165) is 77.0 Å². The molecule has 6 nitrogen and oxygen atoms in total. The smallest absolute Gasteiger partial charge is 0.306 e. The van der Waals surface area contributed by atoms with E-state index in [1.54, 1.807) is 0 Å². The molecule has 1 atom stereocenters. The lowest BCUT2D eigenvalue weighted by atomic mass is 10.0. The van der Waals surface area contributed by atoms with Crippen LogP contribution in [0.4, 0.5) is 0 Å². The Bertz CT molecular complexity index is 1310. The molecular formula is C70H128O6. The molecular weight excluding hydrogens is 937 g/mol. The third-order valence-corrected chi connectivity index (χ3v) is 15.1. The van der Waals surface area contributed by atoms with Gasteiger partial charge in [-0.1, -0.05) is 307 Å². The van der Waals surface area contributed by atoms with Gasteiger partial charge in [-0.05, 0) is 83.5 Å². The van der Waals surface area contributed by atoms with Gasteiger partial charge in [0.05, 0.1) is 0 Å².